The number of hydrogen-bond donors (Lipinski definition) is 2. The molecule has 1 atom stereocenters. The highest BCUT2D eigenvalue weighted by Crippen LogP contribution is 2.36. The first-order chi connectivity index (χ1) is 12.7. The van der Waals surface area contributed by atoms with Crippen LogP contribution < -0.4 is 10.2 Å². The Bertz CT molecular complexity index is 786. The maximum Gasteiger partial charge on any atom is 0.238 e. The molecule has 0 radical (unpaired) electrons. The Morgan fingerprint density at radius 1 is 1.23 bits per heavy atom. The van der Waals surface area contributed by atoms with E-state index in [1.807, 2.05) is 29.2 Å². The van der Waals surface area contributed by atoms with E-state index in [0.717, 1.165) is 43.3 Å². The van der Waals surface area contributed by atoms with E-state index in [0.29, 0.717) is 0 Å². The number of amides is 2. The molecule has 0 saturated carbocycles. The summed E-state index contributed by atoms with van der Waals surface area (Å²) in [6, 6.07) is 9.92. The molecule has 136 valence electrons. The molecular formula is C19H22N3O2S2+. The number of nitrogens with zero attached hydrogens (tertiary/aromatic N) is 1. The van der Waals surface area contributed by atoms with Gasteiger partial charge in [-0.25, -0.2) is 0 Å². The van der Waals surface area contributed by atoms with Gasteiger partial charge in [0.25, 0.3) is 0 Å². The SMILES string of the molecule is O=C1Nc2ccccc2S[C@H]1CC(=O)N1CC[NH+](Cc2ccsc2)CC1. The molecule has 4 rings (SSSR count). The monoisotopic (exact) mass is 388 g/mol. The van der Waals surface area contributed by atoms with Gasteiger partial charge >= 0.3 is 0 Å². The standard InChI is InChI=1S/C19H21N3O2S2/c23-18(11-17-19(24)20-15-3-1-2-4-16(15)26-17)22-8-6-21(7-9-22)12-14-5-10-25-13-14/h1-5,10,13,17H,6-9,11-12H2,(H,20,24)/p+1/t17-/m0/s1. The van der Waals surface area contributed by atoms with Crippen molar-refractivity contribution >= 4 is 40.6 Å². The van der Waals surface area contributed by atoms with Crippen molar-refractivity contribution in [2.45, 2.75) is 23.1 Å². The van der Waals surface area contributed by atoms with Crippen LogP contribution in [-0.4, -0.2) is 48.1 Å². The number of hydrogen-bond acceptors (Lipinski definition) is 4. The van der Waals surface area contributed by atoms with Gasteiger partial charge in [-0.3, -0.25) is 9.59 Å². The number of carbonyl (C=O) groups is 2. The summed E-state index contributed by atoms with van der Waals surface area (Å²) in [6.07, 6.45) is 0.269. The first kappa shape index (κ1) is 17.6. The number of fused-ring (bicyclic) bond motifs is 1. The van der Waals surface area contributed by atoms with E-state index in [-0.39, 0.29) is 23.5 Å². The van der Waals surface area contributed by atoms with Crippen LogP contribution in [0, 0.1) is 0 Å². The summed E-state index contributed by atoms with van der Waals surface area (Å²) in [5.41, 5.74) is 2.22. The predicted molar refractivity (Wildman–Crippen MR) is 105 cm³/mol. The van der Waals surface area contributed by atoms with Gasteiger partial charge in [-0.2, -0.15) is 11.3 Å². The van der Waals surface area contributed by atoms with Crippen LogP contribution in [0.3, 0.4) is 0 Å². The lowest BCUT2D eigenvalue weighted by atomic mass is 10.2. The van der Waals surface area contributed by atoms with Crippen molar-refractivity contribution in [2.75, 3.05) is 31.5 Å². The lowest BCUT2D eigenvalue weighted by Crippen LogP contribution is -3.13. The molecule has 5 nitrogen and oxygen atoms in total. The molecule has 2 N–H and O–H groups in total. The average molecular weight is 389 g/mol. The van der Waals surface area contributed by atoms with Crippen LogP contribution in [0.15, 0.2) is 46.0 Å². The number of nitrogens with one attached hydrogen (secondary N) is 2. The van der Waals surface area contributed by atoms with E-state index < -0.39 is 0 Å². The molecule has 0 aliphatic carbocycles. The summed E-state index contributed by atoms with van der Waals surface area (Å²) < 4.78 is 0. The summed E-state index contributed by atoms with van der Waals surface area (Å²) in [5.74, 6) is 0.0235. The van der Waals surface area contributed by atoms with E-state index in [9.17, 15) is 9.59 Å². The van der Waals surface area contributed by atoms with E-state index in [1.165, 1.54) is 22.2 Å². The highest BCUT2D eigenvalue weighted by Gasteiger charge is 2.32. The van der Waals surface area contributed by atoms with Crippen molar-refractivity contribution in [2.24, 2.45) is 0 Å². The maximum atomic E-state index is 12.7. The van der Waals surface area contributed by atoms with Crippen molar-refractivity contribution < 1.29 is 14.5 Å². The molecule has 7 heteroatoms. The van der Waals surface area contributed by atoms with Gasteiger partial charge in [-0.05, 0) is 29.0 Å². The van der Waals surface area contributed by atoms with Crippen molar-refractivity contribution in [1.82, 2.24) is 4.90 Å². The molecular weight excluding hydrogens is 366 g/mol. The molecule has 2 aromatic rings. The van der Waals surface area contributed by atoms with Gasteiger partial charge in [0.15, 0.2) is 0 Å². The number of quaternary nitrogens is 1. The van der Waals surface area contributed by atoms with Crippen LogP contribution in [0.25, 0.3) is 0 Å². The minimum atomic E-state index is -0.339. The molecule has 1 fully saturated rings. The third-order valence-corrected chi connectivity index (χ3v) is 6.93. The Morgan fingerprint density at radius 2 is 2.04 bits per heavy atom. The molecule has 1 saturated heterocycles. The molecule has 1 aromatic carbocycles. The Kier molecular flexibility index (Phi) is 5.28. The van der Waals surface area contributed by atoms with Crippen molar-refractivity contribution in [1.29, 1.82) is 0 Å². The summed E-state index contributed by atoms with van der Waals surface area (Å²) in [7, 11) is 0. The van der Waals surface area contributed by atoms with Gasteiger partial charge in [-0.15, -0.1) is 11.8 Å². The van der Waals surface area contributed by atoms with E-state index in [2.05, 4.69) is 22.1 Å². The molecule has 0 bridgehead atoms. The number of carbonyl (C=O) groups excluding carboxylic acids is 2. The lowest BCUT2D eigenvalue weighted by Gasteiger charge is -2.33. The number of anilines is 1. The first-order valence-corrected chi connectivity index (χ1v) is 10.7. The molecule has 2 amide bonds. The second-order valence-electron chi connectivity index (χ2n) is 6.74. The topological polar surface area (TPSA) is 53.9 Å². The fraction of sp³-hybridized carbons (Fsp3) is 0.368. The van der Waals surface area contributed by atoms with E-state index in [1.54, 1.807) is 11.3 Å². The predicted octanol–water partition coefficient (Wildman–Crippen LogP) is 1.48. The number of benzene rings is 1. The van der Waals surface area contributed by atoms with Crippen molar-refractivity contribution in [3.63, 3.8) is 0 Å². The highest BCUT2D eigenvalue weighted by atomic mass is 32.2. The van der Waals surface area contributed by atoms with Crippen LogP contribution in [0.5, 0.6) is 0 Å². The number of thioether (sulfide) groups is 1. The van der Waals surface area contributed by atoms with Gasteiger partial charge in [-0.1, -0.05) is 12.1 Å². The third kappa shape index (κ3) is 3.95. The first-order valence-electron chi connectivity index (χ1n) is 8.88. The average Bonchev–Trinajstić information content (AvgIpc) is 3.16. The number of piperazine rings is 1. The lowest BCUT2D eigenvalue weighted by molar-refractivity contribution is -0.917. The number of rotatable bonds is 4. The van der Waals surface area contributed by atoms with Crippen LogP contribution in [0.4, 0.5) is 5.69 Å². The molecule has 0 spiro atoms. The summed E-state index contributed by atoms with van der Waals surface area (Å²) in [6.45, 7) is 4.51. The minimum absolute atomic E-state index is 0.0660. The fourth-order valence-electron chi connectivity index (χ4n) is 3.45. The molecule has 0 unspecified atom stereocenters. The van der Waals surface area contributed by atoms with Gasteiger partial charge in [0.2, 0.25) is 11.8 Å². The Labute approximate surface area is 161 Å². The number of para-hydroxylation sites is 1. The zero-order valence-electron chi connectivity index (χ0n) is 14.4. The zero-order chi connectivity index (χ0) is 17.9. The van der Waals surface area contributed by atoms with Crippen LogP contribution in [0.1, 0.15) is 12.0 Å². The van der Waals surface area contributed by atoms with Crippen LogP contribution in [0.2, 0.25) is 0 Å². The minimum Gasteiger partial charge on any atom is -0.331 e. The van der Waals surface area contributed by atoms with Crippen LogP contribution in [-0.2, 0) is 16.1 Å². The normalized spacial score (nSPS) is 20.5. The Hall–Kier alpha value is -1.83. The summed E-state index contributed by atoms with van der Waals surface area (Å²) in [5, 5.41) is 6.88. The molecule has 2 aliphatic rings. The van der Waals surface area contributed by atoms with Gasteiger partial charge < -0.3 is 15.1 Å². The number of thiophene rings is 1. The second kappa shape index (κ2) is 7.82. The molecule has 3 heterocycles. The Balaban J connectivity index is 1.30. The van der Waals surface area contributed by atoms with Crippen LogP contribution >= 0.6 is 23.1 Å². The van der Waals surface area contributed by atoms with Gasteiger partial charge in [0, 0.05) is 16.9 Å². The second-order valence-corrected chi connectivity index (χ2v) is 8.76. The third-order valence-electron chi connectivity index (χ3n) is 4.92. The van der Waals surface area contributed by atoms with E-state index >= 15 is 0 Å². The van der Waals surface area contributed by atoms with Crippen molar-refractivity contribution in [3.8, 4) is 0 Å². The highest BCUT2D eigenvalue weighted by molar-refractivity contribution is 8.01. The molecule has 1 aromatic heterocycles. The Morgan fingerprint density at radius 3 is 2.81 bits per heavy atom. The van der Waals surface area contributed by atoms with Crippen molar-refractivity contribution in [3.05, 3.63) is 46.7 Å². The molecule has 2 aliphatic heterocycles. The maximum absolute atomic E-state index is 12.7. The molecule has 26 heavy (non-hydrogen) atoms. The summed E-state index contributed by atoms with van der Waals surface area (Å²) >= 11 is 3.23. The fourth-order valence-corrected chi connectivity index (χ4v) is 5.22. The largest absolute Gasteiger partial charge is 0.331 e. The zero-order valence-corrected chi connectivity index (χ0v) is 16.1. The van der Waals surface area contributed by atoms with Gasteiger partial charge in [0.05, 0.1) is 37.1 Å². The summed E-state index contributed by atoms with van der Waals surface area (Å²) in [4.78, 5) is 29.5. The van der Waals surface area contributed by atoms with Gasteiger partial charge in [0.1, 0.15) is 6.54 Å². The quantitative estimate of drug-likeness (QED) is 0.834. The van der Waals surface area contributed by atoms with E-state index in [4.69, 9.17) is 0 Å². The smallest absolute Gasteiger partial charge is 0.238 e.